The van der Waals surface area contributed by atoms with E-state index in [2.05, 4.69) is 25.0 Å². The average Bonchev–Trinajstić information content (AvgIpc) is 2.90. The number of sulfonamides is 2. The predicted octanol–water partition coefficient (Wildman–Crippen LogP) is 4.23. The lowest BCUT2D eigenvalue weighted by atomic mass is 10.2. The Morgan fingerprint density at radius 3 is 2.52 bits per heavy atom. The minimum atomic E-state index is -4.05. The molecule has 0 saturated carbocycles. The number of benzene rings is 2. The second-order valence-electron chi connectivity index (χ2n) is 8.43. The van der Waals surface area contributed by atoms with Crippen LogP contribution in [-0.2, 0) is 20.0 Å². The lowest BCUT2D eigenvalue weighted by molar-refractivity contribution is 0.443. The van der Waals surface area contributed by atoms with Gasteiger partial charge in [-0.3, -0.25) is 9.71 Å². The third kappa shape index (κ3) is 7.21. The van der Waals surface area contributed by atoms with Crippen molar-refractivity contribution in [1.82, 2.24) is 19.3 Å². The molecule has 0 aliphatic heterocycles. The van der Waals surface area contributed by atoms with E-state index in [0.29, 0.717) is 11.3 Å². The first-order valence-electron chi connectivity index (χ1n) is 11.6. The number of aromatic nitrogens is 3. The molecule has 2 N–H and O–H groups in total. The number of ether oxygens (including phenoxy) is 1. The molecule has 0 unspecified atom stereocenters. The van der Waals surface area contributed by atoms with Gasteiger partial charge in [0.1, 0.15) is 10.6 Å². The first kappa shape index (κ1) is 29.1. The van der Waals surface area contributed by atoms with Crippen molar-refractivity contribution >= 4 is 43.3 Å². The molecular formula is C25H24ClFN6O5S2. The summed E-state index contributed by atoms with van der Waals surface area (Å²) in [7, 11) is -5.90. The highest BCUT2D eigenvalue weighted by molar-refractivity contribution is 7.92. The first-order valence-corrected chi connectivity index (χ1v) is 15.3. The maximum Gasteiger partial charge on any atom is 0.263 e. The molecule has 15 heteroatoms. The summed E-state index contributed by atoms with van der Waals surface area (Å²) in [5.74, 6) is -0.498. The van der Waals surface area contributed by atoms with Gasteiger partial charge in [0.15, 0.2) is 11.6 Å². The van der Waals surface area contributed by atoms with Crippen molar-refractivity contribution < 1.29 is 26.0 Å². The lowest BCUT2D eigenvalue weighted by Crippen LogP contribution is -2.30. The molecule has 0 amide bonds. The predicted molar refractivity (Wildman–Crippen MR) is 150 cm³/mol. The second-order valence-corrected chi connectivity index (χ2v) is 12.6. The quantitative estimate of drug-likeness (QED) is 0.256. The molecule has 2 heterocycles. The molecule has 4 aromatic rings. The zero-order chi connectivity index (χ0) is 28.9. The molecule has 2 aromatic heterocycles. The van der Waals surface area contributed by atoms with Crippen molar-refractivity contribution in [2.75, 3.05) is 36.4 Å². The summed E-state index contributed by atoms with van der Waals surface area (Å²) in [5.41, 5.74) is 0.832. The highest BCUT2D eigenvalue weighted by atomic mass is 35.5. The van der Waals surface area contributed by atoms with Gasteiger partial charge in [0.25, 0.3) is 10.0 Å². The van der Waals surface area contributed by atoms with Gasteiger partial charge in [0.2, 0.25) is 16.0 Å². The van der Waals surface area contributed by atoms with E-state index in [4.69, 9.17) is 16.3 Å². The van der Waals surface area contributed by atoms with Crippen molar-refractivity contribution in [2.24, 2.45) is 0 Å². The second kappa shape index (κ2) is 12.1. The minimum absolute atomic E-state index is 0.0206. The van der Waals surface area contributed by atoms with Gasteiger partial charge in [-0.25, -0.2) is 35.5 Å². The molecule has 0 aliphatic rings. The number of likely N-dealkylation sites (N-methyl/N-ethyl adjacent to an activating group) is 1. The van der Waals surface area contributed by atoms with Crippen LogP contribution in [-0.4, -0.2) is 62.5 Å². The standard InChI is InChI=1S/C25H24ClFN6O5S2/c1-33(39(2,34)35)14-13-30-25-29-12-9-21(31-25)18-16-28-11-10-22(18)38-23-8-7-17(15-20(23)27)32-40(36,37)24-6-4-3-5-19(24)26/h3-12,15-16,32H,13-14H2,1-2H3,(H,29,30,31). The highest BCUT2D eigenvalue weighted by Gasteiger charge is 2.19. The molecule has 2 aromatic carbocycles. The van der Waals surface area contributed by atoms with E-state index < -0.39 is 25.9 Å². The fraction of sp³-hybridized carbons (Fsp3) is 0.160. The fourth-order valence-corrected chi connectivity index (χ4v) is 5.38. The maximum atomic E-state index is 15.0. The Hall–Kier alpha value is -3.85. The van der Waals surface area contributed by atoms with E-state index in [0.717, 1.165) is 12.3 Å². The first-order chi connectivity index (χ1) is 18.9. The number of hydrogen-bond acceptors (Lipinski definition) is 9. The lowest BCUT2D eigenvalue weighted by Gasteiger charge is -2.15. The van der Waals surface area contributed by atoms with Crippen LogP contribution < -0.4 is 14.8 Å². The van der Waals surface area contributed by atoms with Crippen LogP contribution in [0.15, 0.2) is 78.1 Å². The Morgan fingerprint density at radius 2 is 1.80 bits per heavy atom. The van der Waals surface area contributed by atoms with Gasteiger partial charge in [-0.05, 0) is 36.4 Å². The summed E-state index contributed by atoms with van der Waals surface area (Å²) in [4.78, 5) is 12.5. The van der Waals surface area contributed by atoms with Crippen LogP contribution in [0.4, 0.5) is 16.0 Å². The summed E-state index contributed by atoms with van der Waals surface area (Å²) in [6, 6.07) is 12.7. The zero-order valence-electron chi connectivity index (χ0n) is 21.2. The van der Waals surface area contributed by atoms with Crippen LogP contribution in [0.5, 0.6) is 11.5 Å². The van der Waals surface area contributed by atoms with Gasteiger partial charge >= 0.3 is 0 Å². The van der Waals surface area contributed by atoms with Gasteiger partial charge in [-0.2, -0.15) is 0 Å². The van der Waals surface area contributed by atoms with Crippen LogP contribution in [0, 0.1) is 5.82 Å². The van der Waals surface area contributed by atoms with Gasteiger partial charge in [0, 0.05) is 44.8 Å². The molecule has 0 radical (unpaired) electrons. The van der Waals surface area contributed by atoms with Crippen molar-refractivity contribution in [2.45, 2.75) is 4.90 Å². The topological polar surface area (TPSA) is 143 Å². The maximum absolute atomic E-state index is 15.0. The Balaban J connectivity index is 1.51. The normalized spacial score (nSPS) is 11.8. The third-order valence-electron chi connectivity index (χ3n) is 5.52. The summed E-state index contributed by atoms with van der Waals surface area (Å²) >= 11 is 6.00. The van der Waals surface area contributed by atoms with Crippen LogP contribution >= 0.6 is 11.6 Å². The molecule has 0 atom stereocenters. The molecule has 40 heavy (non-hydrogen) atoms. The van der Waals surface area contributed by atoms with Crippen LogP contribution in [0.2, 0.25) is 5.02 Å². The molecule has 0 bridgehead atoms. The van der Waals surface area contributed by atoms with Crippen molar-refractivity contribution in [3.63, 3.8) is 0 Å². The molecule has 11 nitrogen and oxygen atoms in total. The monoisotopic (exact) mass is 606 g/mol. The van der Waals surface area contributed by atoms with Crippen LogP contribution in [0.3, 0.4) is 0 Å². The van der Waals surface area contributed by atoms with Gasteiger partial charge in [-0.15, -0.1) is 0 Å². The summed E-state index contributed by atoms with van der Waals surface area (Å²) in [6.07, 6.45) is 5.57. The Kier molecular flexibility index (Phi) is 8.83. The summed E-state index contributed by atoms with van der Waals surface area (Å²) in [6.45, 7) is 0.471. The van der Waals surface area contributed by atoms with E-state index >= 15 is 0 Å². The summed E-state index contributed by atoms with van der Waals surface area (Å²) in [5, 5.41) is 2.99. The molecule has 0 saturated heterocycles. The van der Waals surface area contributed by atoms with Gasteiger partial charge in [0.05, 0.1) is 28.2 Å². The third-order valence-corrected chi connectivity index (χ3v) is 8.71. The Bertz CT molecular complexity index is 1740. The highest BCUT2D eigenvalue weighted by Crippen LogP contribution is 2.34. The zero-order valence-corrected chi connectivity index (χ0v) is 23.6. The average molecular weight is 607 g/mol. The summed E-state index contributed by atoms with van der Waals surface area (Å²) < 4.78 is 72.8. The van der Waals surface area contributed by atoms with E-state index in [1.807, 2.05) is 0 Å². The van der Waals surface area contributed by atoms with E-state index in [-0.39, 0.29) is 46.1 Å². The molecule has 4 rings (SSSR count). The van der Waals surface area contributed by atoms with Gasteiger partial charge < -0.3 is 10.1 Å². The molecule has 0 fully saturated rings. The minimum Gasteiger partial charge on any atom is -0.453 e. The molecule has 210 valence electrons. The number of halogens is 2. The van der Waals surface area contributed by atoms with Gasteiger partial charge in [-0.1, -0.05) is 23.7 Å². The fourth-order valence-electron chi connectivity index (χ4n) is 3.39. The molecular weight excluding hydrogens is 583 g/mol. The Labute approximate surface area is 236 Å². The Morgan fingerprint density at radius 1 is 1.02 bits per heavy atom. The van der Waals surface area contributed by atoms with E-state index in [1.165, 1.54) is 66.3 Å². The van der Waals surface area contributed by atoms with E-state index in [1.54, 1.807) is 12.1 Å². The van der Waals surface area contributed by atoms with Crippen molar-refractivity contribution in [3.8, 4) is 22.8 Å². The number of hydrogen-bond donors (Lipinski definition) is 2. The smallest absolute Gasteiger partial charge is 0.263 e. The number of rotatable bonds is 11. The SMILES string of the molecule is CN(CCNc1nccc(-c2cnccc2Oc2ccc(NS(=O)(=O)c3ccccc3Cl)cc2F)n1)S(C)(=O)=O. The van der Waals surface area contributed by atoms with Crippen molar-refractivity contribution in [3.05, 3.63) is 84.0 Å². The molecule has 0 aliphatic carbocycles. The number of nitrogens with one attached hydrogen (secondary N) is 2. The largest absolute Gasteiger partial charge is 0.453 e. The van der Waals surface area contributed by atoms with E-state index in [9.17, 15) is 21.2 Å². The van der Waals surface area contributed by atoms with Crippen LogP contribution in [0.25, 0.3) is 11.3 Å². The number of nitrogens with zero attached hydrogens (tertiary/aromatic N) is 4. The number of anilines is 2. The van der Waals surface area contributed by atoms with Crippen molar-refractivity contribution in [1.29, 1.82) is 0 Å². The van der Waals surface area contributed by atoms with Crippen LogP contribution in [0.1, 0.15) is 0 Å². The number of pyridine rings is 1. The molecule has 0 spiro atoms.